The topological polar surface area (TPSA) is 146 Å². The van der Waals surface area contributed by atoms with Crippen LogP contribution in [0.15, 0.2) is 42.5 Å². The van der Waals surface area contributed by atoms with E-state index in [2.05, 4.69) is 4.72 Å². The summed E-state index contributed by atoms with van der Waals surface area (Å²) in [6.45, 7) is -0.138. The van der Waals surface area contributed by atoms with Crippen molar-refractivity contribution in [3.63, 3.8) is 0 Å². The molecule has 0 spiro atoms. The number of aliphatic hydroxyl groups is 4. The zero-order valence-electron chi connectivity index (χ0n) is 18.0. The van der Waals surface area contributed by atoms with Crippen molar-refractivity contribution >= 4 is 21.6 Å². The van der Waals surface area contributed by atoms with Crippen LogP contribution in [0.5, 0.6) is 5.75 Å². The maximum Gasteiger partial charge on any atom is 0.208 e. The summed E-state index contributed by atoms with van der Waals surface area (Å²) >= 11 is 6.37. The van der Waals surface area contributed by atoms with Crippen molar-refractivity contribution in [1.82, 2.24) is 4.72 Å². The predicted octanol–water partition coefficient (Wildman–Crippen LogP) is 0.374. The van der Waals surface area contributed by atoms with E-state index in [4.69, 9.17) is 21.1 Å². The molecule has 0 unspecified atom stereocenters. The van der Waals surface area contributed by atoms with Gasteiger partial charge < -0.3 is 29.9 Å². The summed E-state index contributed by atoms with van der Waals surface area (Å²) < 4.78 is 35.6. The predicted molar refractivity (Wildman–Crippen MR) is 122 cm³/mol. The zero-order valence-corrected chi connectivity index (χ0v) is 19.5. The lowest BCUT2D eigenvalue weighted by Crippen LogP contribution is -2.55. The van der Waals surface area contributed by atoms with E-state index in [0.29, 0.717) is 22.8 Å². The minimum absolute atomic E-state index is 0.168. The molecular formula is C22H28ClNO8S. The summed E-state index contributed by atoms with van der Waals surface area (Å²) in [5.41, 5.74) is 2.26. The van der Waals surface area contributed by atoms with E-state index < -0.39 is 47.2 Å². The highest BCUT2D eigenvalue weighted by Gasteiger charge is 2.44. The maximum absolute atomic E-state index is 11.1. The van der Waals surface area contributed by atoms with Crippen LogP contribution in [-0.4, -0.2) is 79.3 Å². The Morgan fingerprint density at radius 3 is 2.39 bits per heavy atom. The van der Waals surface area contributed by atoms with E-state index >= 15 is 0 Å². The van der Waals surface area contributed by atoms with Crippen molar-refractivity contribution < 1.29 is 38.3 Å². The largest absolute Gasteiger partial charge is 0.492 e. The summed E-state index contributed by atoms with van der Waals surface area (Å²) in [4.78, 5) is 0. The van der Waals surface area contributed by atoms with Crippen LogP contribution in [0.4, 0.5) is 0 Å². The van der Waals surface area contributed by atoms with Crippen molar-refractivity contribution in [3.05, 3.63) is 64.2 Å². The molecule has 1 aliphatic rings. The lowest BCUT2D eigenvalue weighted by Gasteiger charge is -2.40. The number of rotatable bonds is 9. The summed E-state index contributed by atoms with van der Waals surface area (Å²) in [5, 5.41) is 40.4. The van der Waals surface area contributed by atoms with Gasteiger partial charge in [-0.1, -0.05) is 35.9 Å². The first-order chi connectivity index (χ1) is 15.6. The normalized spacial score (nSPS) is 25.7. The molecule has 2 aromatic rings. The Balaban J connectivity index is 1.67. The molecule has 182 valence electrons. The lowest BCUT2D eigenvalue weighted by atomic mass is 9.90. The second-order valence-corrected chi connectivity index (χ2v) is 10.2. The number of nitrogens with one attached hydrogen (secondary N) is 1. The van der Waals surface area contributed by atoms with Crippen LogP contribution in [0.1, 0.15) is 22.8 Å². The van der Waals surface area contributed by atoms with Crippen molar-refractivity contribution in [2.45, 2.75) is 36.9 Å². The fraction of sp³-hybridized carbons (Fsp3) is 0.455. The monoisotopic (exact) mass is 501 g/mol. The van der Waals surface area contributed by atoms with Gasteiger partial charge in [-0.3, -0.25) is 0 Å². The molecule has 5 N–H and O–H groups in total. The van der Waals surface area contributed by atoms with E-state index in [1.807, 2.05) is 12.1 Å². The smallest absolute Gasteiger partial charge is 0.208 e. The van der Waals surface area contributed by atoms with E-state index in [1.54, 1.807) is 30.3 Å². The van der Waals surface area contributed by atoms with Gasteiger partial charge in [-0.15, -0.1) is 0 Å². The molecular weight excluding hydrogens is 474 g/mol. The number of sulfonamides is 1. The highest BCUT2D eigenvalue weighted by Crippen LogP contribution is 2.34. The molecule has 11 heteroatoms. The summed E-state index contributed by atoms with van der Waals surface area (Å²) in [6.07, 6.45) is -4.62. The van der Waals surface area contributed by atoms with E-state index in [0.717, 1.165) is 17.4 Å². The van der Waals surface area contributed by atoms with Crippen LogP contribution in [-0.2, 0) is 21.2 Å². The fourth-order valence-corrected chi connectivity index (χ4v) is 4.24. The van der Waals surface area contributed by atoms with Crippen molar-refractivity contribution in [2.75, 3.05) is 26.0 Å². The first kappa shape index (κ1) is 25.9. The third-order valence-electron chi connectivity index (χ3n) is 5.34. The standard InChI is InChI=1S/C22H28ClNO8S/c1-33(29,30)24-8-9-31-16-5-2-13(3-6-16)10-15-11-14(4-7-17(15)23)22-21(28)20(27)19(26)18(12-25)32-22/h2-7,11,18-22,24-28H,8-10,12H2,1H3/t18-,19-,20+,21-,22+/m1/s1. The number of halogens is 1. The third kappa shape index (κ3) is 6.87. The van der Waals surface area contributed by atoms with Gasteiger partial charge in [0.15, 0.2) is 0 Å². The van der Waals surface area contributed by atoms with Crippen molar-refractivity contribution in [3.8, 4) is 5.75 Å². The van der Waals surface area contributed by atoms with Crippen molar-refractivity contribution in [2.24, 2.45) is 0 Å². The summed E-state index contributed by atoms with van der Waals surface area (Å²) in [5.74, 6) is 0.593. The van der Waals surface area contributed by atoms with E-state index in [1.165, 1.54) is 0 Å². The van der Waals surface area contributed by atoms with Gasteiger partial charge in [0.2, 0.25) is 10.0 Å². The number of hydrogen-bond acceptors (Lipinski definition) is 8. The van der Waals surface area contributed by atoms with Gasteiger partial charge in [-0.25, -0.2) is 13.1 Å². The number of aliphatic hydroxyl groups excluding tert-OH is 4. The maximum atomic E-state index is 11.1. The molecule has 0 bridgehead atoms. The van der Waals surface area contributed by atoms with Gasteiger partial charge in [0.05, 0.1) is 12.9 Å². The minimum atomic E-state index is -3.26. The zero-order chi connectivity index (χ0) is 24.2. The number of hydrogen-bond donors (Lipinski definition) is 5. The van der Waals surface area contributed by atoms with Gasteiger partial charge >= 0.3 is 0 Å². The summed E-state index contributed by atoms with van der Waals surface area (Å²) in [7, 11) is -3.26. The van der Waals surface area contributed by atoms with Crippen LogP contribution in [0, 0.1) is 0 Å². The molecule has 9 nitrogen and oxygen atoms in total. The van der Waals surface area contributed by atoms with Crippen LogP contribution in [0.25, 0.3) is 0 Å². The summed E-state index contributed by atoms with van der Waals surface area (Å²) in [6, 6.07) is 12.3. The molecule has 1 fully saturated rings. The quantitative estimate of drug-likeness (QED) is 0.310. The molecule has 0 radical (unpaired) electrons. The molecule has 0 amide bonds. The molecule has 1 aliphatic heterocycles. The first-order valence-electron chi connectivity index (χ1n) is 10.3. The number of benzene rings is 2. The SMILES string of the molecule is CS(=O)(=O)NCCOc1ccc(Cc2cc([C@@H]3O[C@H](CO)[C@@H](O)[C@H](O)[C@H]3O)ccc2Cl)cc1. The highest BCUT2D eigenvalue weighted by molar-refractivity contribution is 7.88. The van der Waals surface area contributed by atoms with Gasteiger partial charge in [0.1, 0.15) is 42.9 Å². The van der Waals surface area contributed by atoms with Gasteiger partial charge in [-0.05, 0) is 41.3 Å². The molecule has 1 heterocycles. The Kier molecular flexibility index (Phi) is 8.70. The lowest BCUT2D eigenvalue weighted by molar-refractivity contribution is -0.231. The van der Waals surface area contributed by atoms with Crippen LogP contribution < -0.4 is 9.46 Å². The minimum Gasteiger partial charge on any atom is -0.492 e. The highest BCUT2D eigenvalue weighted by atomic mass is 35.5. The average molecular weight is 502 g/mol. The Labute approximate surface area is 197 Å². The molecule has 0 saturated carbocycles. The second-order valence-electron chi connectivity index (χ2n) is 7.94. The molecule has 0 aromatic heterocycles. The van der Waals surface area contributed by atoms with Crippen molar-refractivity contribution in [1.29, 1.82) is 0 Å². The molecule has 1 saturated heterocycles. The van der Waals surface area contributed by atoms with Crippen LogP contribution in [0.2, 0.25) is 5.02 Å². The average Bonchev–Trinajstić information content (AvgIpc) is 2.77. The second kappa shape index (κ2) is 11.1. The Morgan fingerprint density at radius 1 is 1.06 bits per heavy atom. The van der Waals surface area contributed by atoms with E-state index in [9.17, 15) is 28.8 Å². The first-order valence-corrected chi connectivity index (χ1v) is 12.6. The fourth-order valence-electron chi connectivity index (χ4n) is 3.60. The Bertz CT molecular complexity index is 1030. The van der Waals surface area contributed by atoms with E-state index in [-0.39, 0.29) is 13.2 Å². The molecule has 5 atom stereocenters. The molecule has 33 heavy (non-hydrogen) atoms. The molecule has 3 rings (SSSR count). The van der Waals surface area contributed by atoms with Gasteiger partial charge in [0.25, 0.3) is 0 Å². The Morgan fingerprint density at radius 2 is 1.76 bits per heavy atom. The van der Waals surface area contributed by atoms with Gasteiger partial charge in [-0.2, -0.15) is 0 Å². The van der Waals surface area contributed by atoms with Gasteiger partial charge in [0, 0.05) is 11.6 Å². The van der Waals surface area contributed by atoms with Crippen LogP contribution in [0.3, 0.4) is 0 Å². The molecule has 2 aromatic carbocycles. The van der Waals surface area contributed by atoms with Crippen LogP contribution >= 0.6 is 11.6 Å². The molecule has 0 aliphatic carbocycles. The number of ether oxygens (including phenoxy) is 2. The third-order valence-corrected chi connectivity index (χ3v) is 6.44. The Hall–Kier alpha value is -1.76.